The van der Waals surface area contributed by atoms with E-state index < -0.39 is 10.9 Å². The Morgan fingerprint density at radius 1 is 1.50 bits per heavy atom. The molecule has 0 saturated heterocycles. The fraction of sp³-hybridized carbons (Fsp3) is 0.308. The molecule has 7 nitrogen and oxygen atoms in total. The minimum atomic E-state index is -0.574. The van der Waals surface area contributed by atoms with E-state index in [-0.39, 0.29) is 18.1 Å². The Labute approximate surface area is 114 Å². The van der Waals surface area contributed by atoms with Crippen LogP contribution in [0.3, 0.4) is 0 Å². The molecule has 1 heterocycles. The van der Waals surface area contributed by atoms with Gasteiger partial charge in [-0.15, -0.1) is 0 Å². The van der Waals surface area contributed by atoms with Crippen molar-refractivity contribution in [3.05, 3.63) is 33.6 Å². The Morgan fingerprint density at radius 3 is 2.75 bits per heavy atom. The molecule has 7 heteroatoms. The molecule has 0 spiro atoms. The number of carbonyl (C=O) groups is 1. The van der Waals surface area contributed by atoms with Crippen molar-refractivity contribution in [2.24, 2.45) is 0 Å². The highest BCUT2D eigenvalue weighted by atomic mass is 16.6. The molecule has 106 valence electrons. The van der Waals surface area contributed by atoms with Crippen molar-refractivity contribution in [2.75, 3.05) is 19.0 Å². The average molecular weight is 278 g/mol. The lowest BCUT2D eigenvalue weighted by Crippen LogP contribution is -2.04. The number of aryl methyl sites for hydroxylation is 1. The Kier molecular flexibility index (Phi) is 3.60. The highest BCUT2D eigenvalue weighted by molar-refractivity contribution is 5.98. The normalized spacial score (nSPS) is 10.6. The molecule has 0 radical (unpaired) electrons. The summed E-state index contributed by atoms with van der Waals surface area (Å²) in [5.74, 6) is -0.501. The topological polar surface area (TPSA) is 94.6 Å². The largest absolute Gasteiger partial charge is 0.460 e. The second-order valence-electron chi connectivity index (χ2n) is 4.15. The monoisotopic (exact) mass is 278 g/mol. The number of ether oxygens (including phenoxy) is 1. The molecule has 2 aromatic rings. The first-order valence-electron chi connectivity index (χ1n) is 6.06. The van der Waals surface area contributed by atoms with E-state index in [0.29, 0.717) is 22.2 Å². The molecule has 0 amide bonds. The molecule has 2 rings (SSSR count). The van der Waals surface area contributed by atoms with E-state index >= 15 is 0 Å². The van der Waals surface area contributed by atoms with Crippen molar-refractivity contribution in [3.63, 3.8) is 0 Å². The third-order valence-electron chi connectivity index (χ3n) is 2.98. The molecule has 0 aliphatic rings. The maximum Gasteiger partial charge on any atom is 0.374 e. The standard InChI is InChI=1S/C13H14N2O5/c1-4-19-13(16)12-7(2)8-5-10(15(17)18)9(14-3)6-11(8)20-12/h5-6,14H,4H2,1-3H3. The zero-order chi connectivity index (χ0) is 14.9. The van der Waals surface area contributed by atoms with Crippen LogP contribution in [0.1, 0.15) is 23.0 Å². The van der Waals surface area contributed by atoms with E-state index in [0.717, 1.165) is 0 Å². The second-order valence-corrected chi connectivity index (χ2v) is 4.15. The number of furan rings is 1. The van der Waals surface area contributed by atoms with Crippen LogP contribution >= 0.6 is 0 Å². The predicted octanol–water partition coefficient (Wildman–Crippen LogP) is 2.87. The number of hydrogen-bond donors (Lipinski definition) is 1. The van der Waals surface area contributed by atoms with Crippen LogP contribution in [0.5, 0.6) is 0 Å². The molecule has 0 aliphatic carbocycles. The maximum atomic E-state index is 11.7. The first-order valence-corrected chi connectivity index (χ1v) is 6.06. The third kappa shape index (κ3) is 2.18. The molecule has 0 saturated carbocycles. The zero-order valence-corrected chi connectivity index (χ0v) is 11.4. The molecule has 1 N–H and O–H groups in total. The lowest BCUT2D eigenvalue weighted by atomic mass is 10.1. The van der Waals surface area contributed by atoms with Crippen LogP contribution in [-0.4, -0.2) is 24.5 Å². The van der Waals surface area contributed by atoms with E-state index in [4.69, 9.17) is 9.15 Å². The SMILES string of the molecule is CCOC(=O)c1oc2cc(NC)c([N+](=O)[O-])cc2c1C. The molecule has 20 heavy (non-hydrogen) atoms. The number of benzene rings is 1. The van der Waals surface area contributed by atoms with Crippen molar-refractivity contribution in [1.82, 2.24) is 0 Å². The maximum absolute atomic E-state index is 11.7. The van der Waals surface area contributed by atoms with Crippen LogP contribution in [-0.2, 0) is 4.74 Å². The fourth-order valence-corrected chi connectivity index (χ4v) is 2.00. The van der Waals surface area contributed by atoms with Crippen LogP contribution in [0.15, 0.2) is 16.5 Å². The Balaban J connectivity index is 2.65. The van der Waals surface area contributed by atoms with Gasteiger partial charge in [-0.2, -0.15) is 0 Å². The summed E-state index contributed by atoms with van der Waals surface area (Å²) in [4.78, 5) is 22.3. The van der Waals surface area contributed by atoms with Gasteiger partial charge < -0.3 is 14.5 Å². The van der Waals surface area contributed by atoms with E-state index in [1.165, 1.54) is 12.1 Å². The van der Waals surface area contributed by atoms with E-state index in [1.54, 1.807) is 20.9 Å². The number of anilines is 1. The fourth-order valence-electron chi connectivity index (χ4n) is 2.00. The third-order valence-corrected chi connectivity index (χ3v) is 2.98. The summed E-state index contributed by atoms with van der Waals surface area (Å²) in [6.07, 6.45) is 0. The van der Waals surface area contributed by atoms with Gasteiger partial charge in [-0.25, -0.2) is 4.79 Å². The molecule has 0 bridgehead atoms. The van der Waals surface area contributed by atoms with Gasteiger partial charge in [-0.3, -0.25) is 10.1 Å². The molecule has 0 aliphatic heterocycles. The van der Waals surface area contributed by atoms with Crippen molar-refractivity contribution in [3.8, 4) is 0 Å². The Bertz CT molecular complexity index is 690. The van der Waals surface area contributed by atoms with Gasteiger partial charge >= 0.3 is 5.97 Å². The molecule has 0 unspecified atom stereocenters. The highest BCUT2D eigenvalue weighted by Crippen LogP contribution is 2.34. The first-order chi connectivity index (χ1) is 9.49. The number of esters is 1. The molecule has 1 aromatic heterocycles. The van der Waals surface area contributed by atoms with E-state index in [2.05, 4.69) is 5.32 Å². The van der Waals surface area contributed by atoms with Gasteiger partial charge in [0.25, 0.3) is 5.69 Å². The Morgan fingerprint density at radius 2 is 2.20 bits per heavy atom. The minimum Gasteiger partial charge on any atom is -0.460 e. The minimum absolute atomic E-state index is 0.0701. The second kappa shape index (κ2) is 5.20. The number of rotatable bonds is 4. The van der Waals surface area contributed by atoms with Crippen LogP contribution in [0.25, 0.3) is 11.0 Å². The van der Waals surface area contributed by atoms with E-state index in [1.807, 2.05) is 0 Å². The Hall–Kier alpha value is -2.57. The quantitative estimate of drug-likeness (QED) is 0.525. The summed E-state index contributed by atoms with van der Waals surface area (Å²) in [7, 11) is 1.58. The van der Waals surface area contributed by atoms with Gasteiger partial charge in [0.1, 0.15) is 11.3 Å². The van der Waals surface area contributed by atoms with Crippen molar-refractivity contribution in [2.45, 2.75) is 13.8 Å². The lowest BCUT2D eigenvalue weighted by Gasteiger charge is -2.01. The lowest BCUT2D eigenvalue weighted by molar-refractivity contribution is -0.383. The summed E-state index contributed by atoms with van der Waals surface area (Å²) >= 11 is 0. The summed E-state index contributed by atoms with van der Waals surface area (Å²) in [5, 5.41) is 14.3. The number of carbonyl (C=O) groups excluding carboxylic acids is 1. The average Bonchev–Trinajstić information content (AvgIpc) is 2.74. The van der Waals surface area contributed by atoms with Gasteiger partial charge in [0.15, 0.2) is 0 Å². The summed E-state index contributed by atoms with van der Waals surface area (Å²) in [5.41, 5.74) is 1.19. The van der Waals surface area contributed by atoms with Crippen molar-refractivity contribution >= 4 is 28.3 Å². The van der Waals surface area contributed by atoms with Gasteiger partial charge in [-0.05, 0) is 13.8 Å². The summed E-state index contributed by atoms with van der Waals surface area (Å²) in [6.45, 7) is 3.60. The van der Waals surface area contributed by atoms with E-state index in [9.17, 15) is 14.9 Å². The molecule has 0 fully saturated rings. The number of nitro groups is 1. The molecular formula is C13H14N2O5. The van der Waals surface area contributed by atoms with Crippen molar-refractivity contribution < 1.29 is 18.9 Å². The van der Waals surface area contributed by atoms with Gasteiger partial charge in [0, 0.05) is 30.1 Å². The number of nitro benzene ring substituents is 1. The predicted molar refractivity (Wildman–Crippen MR) is 73.1 cm³/mol. The van der Waals surface area contributed by atoms with Crippen LogP contribution in [0, 0.1) is 17.0 Å². The zero-order valence-electron chi connectivity index (χ0n) is 11.4. The molecule has 0 atom stereocenters. The number of hydrogen-bond acceptors (Lipinski definition) is 6. The van der Waals surface area contributed by atoms with Crippen LogP contribution in [0.4, 0.5) is 11.4 Å². The highest BCUT2D eigenvalue weighted by Gasteiger charge is 2.23. The summed E-state index contributed by atoms with van der Waals surface area (Å²) < 4.78 is 10.3. The number of nitrogens with one attached hydrogen (secondary N) is 1. The summed E-state index contributed by atoms with van der Waals surface area (Å²) in [6, 6.07) is 2.89. The van der Waals surface area contributed by atoms with Gasteiger partial charge in [0.2, 0.25) is 5.76 Å². The number of fused-ring (bicyclic) bond motifs is 1. The first kappa shape index (κ1) is 13.9. The molecular weight excluding hydrogens is 264 g/mol. The van der Waals surface area contributed by atoms with Crippen molar-refractivity contribution in [1.29, 1.82) is 0 Å². The van der Waals surface area contributed by atoms with Crippen LogP contribution in [0.2, 0.25) is 0 Å². The number of nitrogens with zero attached hydrogens (tertiary/aromatic N) is 1. The van der Waals surface area contributed by atoms with Gasteiger partial charge in [0.05, 0.1) is 11.5 Å². The molecule has 1 aromatic carbocycles. The van der Waals surface area contributed by atoms with Gasteiger partial charge in [-0.1, -0.05) is 0 Å². The van der Waals surface area contributed by atoms with Crippen LogP contribution < -0.4 is 5.32 Å². The smallest absolute Gasteiger partial charge is 0.374 e.